The lowest BCUT2D eigenvalue weighted by atomic mass is 9.89. The molecule has 138 valence electrons. The molecule has 0 amide bonds. The molecule has 0 spiro atoms. The summed E-state index contributed by atoms with van der Waals surface area (Å²) in [4.78, 5) is 2.59. The third-order valence-electron chi connectivity index (χ3n) is 4.87. The van der Waals surface area contributed by atoms with E-state index in [0.717, 1.165) is 39.6 Å². The molecule has 0 bridgehead atoms. The van der Waals surface area contributed by atoms with Crippen molar-refractivity contribution in [2.75, 3.05) is 26.2 Å². The predicted molar refractivity (Wildman–Crippen MR) is 115 cm³/mol. The highest BCUT2D eigenvalue weighted by Gasteiger charge is 2.35. The van der Waals surface area contributed by atoms with E-state index in [1.807, 2.05) is 6.07 Å². The van der Waals surface area contributed by atoms with Crippen molar-refractivity contribution in [3.63, 3.8) is 0 Å². The van der Waals surface area contributed by atoms with Gasteiger partial charge in [-0.05, 0) is 56.7 Å². The molecular formula is C16H23Br3Cl2N2O. The maximum Gasteiger partial charge on any atom is 0.144 e. The zero-order chi connectivity index (χ0) is 15.7. The molecule has 2 aliphatic rings. The summed E-state index contributed by atoms with van der Waals surface area (Å²) in [6, 6.07) is 2.34. The molecule has 0 aromatic heterocycles. The van der Waals surface area contributed by atoms with Crippen LogP contribution in [0.5, 0.6) is 5.75 Å². The fourth-order valence-corrected chi connectivity index (χ4v) is 6.41. The van der Waals surface area contributed by atoms with Crippen LogP contribution >= 0.6 is 72.6 Å². The van der Waals surface area contributed by atoms with Crippen molar-refractivity contribution >= 4 is 72.6 Å². The first-order valence-corrected chi connectivity index (χ1v) is 10.3. The van der Waals surface area contributed by atoms with Gasteiger partial charge in [0.25, 0.3) is 0 Å². The SMILES string of the molecule is Cl.Cl.Oc1c(Br)cc(Br)c([C@H](C2CCCC2)N2CCNCC2)c1Br. The van der Waals surface area contributed by atoms with Crippen LogP contribution < -0.4 is 5.32 Å². The number of nitrogens with one attached hydrogen (secondary N) is 1. The minimum atomic E-state index is 0. The number of phenolic OH excluding ortho intramolecular Hbond substituents is 1. The molecule has 3 rings (SSSR count). The number of rotatable bonds is 3. The van der Waals surface area contributed by atoms with Crippen LogP contribution in [0.1, 0.15) is 37.3 Å². The summed E-state index contributed by atoms with van der Waals surface area (Å²) in [5.74, 6) is 0.975. The van der Waals surface area contributed by atoms with E-state index in [-0.39, 0.29) is 24.8 Å². The van der Waals surface area contributed by atoms with E-state index >= 15 is 0 Å². The summed E-state index contributed by atoms with van der Waals surface area (Å²) in [6.45, 7) is 4.22. The summed E-state index contributed by atoms with van der Waals surface area (Å²) < 4.78 is 2.61. The molecule has 2 N–H and O–H groups in total. The second-order valence-electron chi connectivity index (χ2n) is 6.19. The molecule has 0 radical (unpaired) electrons. The number of hydrogen-bond acceptors (Lipinski definition) is 3. The Morgan fingerprint density at radius 1 is 1.04 bits per heavy atom. The highest BCUT2D eigenvalue weighted by Crippen LogP contribution is 2.48. The summed E-state index contributed by atoms with van der Waals surface area (Å²) in [5, 5.41) is 13.8. The number of nitrogens with zero attached hydrogens (tertiary/aromatic N) is 1. The lowest BCUT2D eigenvalue weighted by Crippen LogP contribution is -2.46. The number of phenols is 1. The van der Waals surface area contributed by atoms with Gasteiger partial charge in [-0.2, -0.15) is 0 Å². The second kappa shape index (κ2) is 10.3. The Labute approximate surface area is 181 Å². The van der Waals surface area contributed by atoms with Crippen molar-refractivity contribution < 1.29 is 5.11 Å². The van der Waals surface area contributed by atoms with Gasteiger partial charge in [-0.25, -0.2) is 0 Å². The Bertz CT molecular complexity index is 551. The molecule has 1 aromatic carbocycles. The van der Waals surface area contributed by atoms with E-state index in [1.54, 1.807) is 0 Å². The summed E-state index contributed by atoms with van der Waals surface area (Å²) in [7, 11) is 0. The number of piperazine rings is 1. The summed E-state index contributed by atoms with van der Waals surface area (Å²) in [5.41, 5.74) is 1.20. The number of hydrogen-bond donors (Lipinski definition) is 2. The largest absolute Gasteiger partial charge is 0.506 e. The smallest absolute Gasteiger partial charge is 0.144 e. The molecule has 2 fully saturated rings. The average Bonchev–Trinajstić information content (AvgIpc) is 3.04. The first kappa shape index (κ1) is 23.0. The van der Waals surface area contributed by atoms with Gasteiger partial charge in [0.15, 0.2) is 0 Å². The van der Waals surface area contributed by atoms with Crippen LogP contribution in [-0.4, -0.2) is 36.2 Å². The van der Waals surface area contributed by atoms with Crippen molar-refractivity contribution in [3.05, 3.63) is 25.0 Å². The van der Waals surface area contributed by atoms with Crippen molar-refractivity contribution in [1.82, 2.24) is 10.2 Å². The van der Waals surface area contributed by atoms with Crippen LogP contribution in [0.15, 0.2) is 19.5 Å². The van der Waals surface area contributed by atoms with Crippen molar-refractivity contribution in [2.24, 2.45) is 5.92 Å². The van der Waals surface area contributed by atoms with E-state index in [4.69, 9.17) is 0 Å². The Hall–Kier alpha value is 0.960. The fourth-order valence-electron chi connectivity index (χ4n) is 3.82. The van der Waals surface area contributed by atoms with Crippen molar-refractivity contribution in [1.29, 1.82) is 0 Å². The van der Waals surface area contributed by atoms with Crippen LogP contribution in [0.3, 0.4) is 0 Å². The number of benzene rings is 1. The molecule has 24 heavy (non-hydrogen) atoms. The zero-order valence-electron chi connectivity index (χ0n) is 13.2. The van der Waals surface area contributed by atoms with Gasteiger partial charge in [-0.3, -0.25) is 4.90 Å². The molecule has 1 aliphatic heterocycles. The normalized spacial score (nSPS) is 20.3. The van der Waals surface area contributed by atoms with E-state index in [2.05, 4.69) is 58.0 Å². The number of aromatic hydroxyl groups is 1. The third-order valence-corrected chi connectivity index (χ3v) is 6.93. The highest BCUT2D eigenvalue weighted by atomic mass is 79.9. The molecule has 8 heteroatoms. The maximum atomic E-state index is 10.4. The molecule has 3 nitrogen and oxygen atoms in total. The molecule has 1 saturated heterocycles. The molecule has 1 saturated carbocycles. The molecule has 1 atom stereocenters. The third kappa shape index (κ3) is 4.81. The molecule has 1 aliphatic carbocycles. The van der Waals surface area contributed by atoms with E-state index in [9.17, 15) is 5.11 Å². The first-order valence-electron chi connectivity index (χ1n) is 7.90. The van der Waals surface area contributed by atoms with Gasteiger partial charge in [0.2, 0.25) is 0 Å². The Morgan fingerprint density at radius 2 is 1.62 bits per heavy atom. The highest BCUT2D eigenvalue weighted by molar-refractivity contribution is 9.11. The Kier molecular flexibility index (Phi) is 9.90. The van der Waals surface area contributed by atoms with Gasteiger partial charge in [0, 0.05) is 42.3 Å². The zero-order valence-corrected chi connectivity index (χ0v) is 19.6. The monoisotopic (exact) mass is 566 g/mol. The first-order chi connectivity index (χ1) is 10.6. The lowest BCUT2D eigenvalue weighted by molar-refractivity contribution is 0.124. The fraction of sp³-hybridized carbons (Fsp3) is 0.625. The lowest BCUT2D eigenvalue weighted by Gasteiger charge is -2.39. The van der Waals surface area contributed by atoms with Crippen LogP contribution in [0.4, 0.5) is 0 Å². The molecular weight excluding hydrogens is 547 g/mol. The van der Waals surface area contributed by atoms with Gasteiger partial charge >= 0.3 is 0 Å². The topological polar surface area (TPSA) is 35.5 Å². The Morgan fingerprint density at radius 3 is 2.21 bits per heavy atom. The molecule has 1 heterocycles. The predicted octanol–water partition coefficient (Wildman–Crippen LogP) is 5.66. The summed E-state index contributed by atoms with van der Waals surface area (Å²) >= 11 is 10.8. The van der Waals surface area contributed by atoms with E-state index in [1.165, 1.54) is 31.2 Å². The van der Waals surface area contributed by atoms with E-state index in [0.29, 0.717) is 17.7 Å². The van der Waals surface area contributed by atoms with Gasteiger partial charge in [0.05, 0.1) is 8.95 Å². The number of halogens is 5. The van der Waals surface area contributed by atoms with Gasteiger partial charge in [-0.15, -0.1) is 24.8 Å². The van der Waals surface area contributed by atoms with Crippen LogP contribution in [-0.2, 0) is 0 Å². The van der Waals surface area contributed by atoms with Gasteiger partial charge in [-0.1, -0.05) is 28.8 Å². The maximum absolute atomic E-state index is 10.4. The summed E-state index contributed by atoms with van der Waals surface area (Å²) in [6.07, 6.45) is 5.21. The van der Waals surface area contributed by atoms with Crippen molar-refractivity contribution in [3.8, 4) is 5.75 Å². The van der Waals surface area contributed by atoms with Crippen LogP contribution in [0.25, 0.3) is 0 Å². The molecule has 1 aromatic rings. The minimum Gasteiger partial charge on any atom is -0.506 e. The second-order valence-corrected chi connectivity index (χ2v) is 8.69. The van der Waals surface area contributed by atoms with Crippen LogP contribution in [0.2, 0.25) is 0 Å². The van der Waals surface area contributed by atoms with Gasteiger partial charge in [0.1, 0.15) is 5.75 Å². The van der Waals surface area contributed by atoms with E-state index < -0.39 is 0 Å². The van der Waals surface area contributed by atoms with Crippen molar-refractivity contribution in [2.45, 2.75) is 31.7 Å². The standard InChI is InChI=1S/C16H21Br3N2O.2ClH/c17-11-9-12(18)16(22)14(19)13(11)15(10-3-1-2-4-10)21-7-5-20-6-8-21;;/h9-10,15,20,22H,1-8H2;2*1H/t15-;;/m0../s1. The quantitative estimate of drug-likeness (QED) is 0.493. The van der Waals surface area contributed by atoms with Crippen LogP contribution in [0, 0.1) is 5.92 Å². The average molecular weight is 570 g/mol. The Balaban J connectivity index is 0.00000144. The minimum absolute atomic E-state index is 0. The molecule has 0 unspecified atom stereocenters. The van der Waals surface area contributed by atoms with Gasteiger partial charge < -0.3 is 10.4 Å².